The number of fused-ring (bicyclic) bond motifs is 1. The third kappa shape index (κ3) is 4.32. The van der Waals surface area contributed by atoms with E-state index in [9.17, 15) is 14.4 Å². The minimum absolute atomic E-state index is 0.114. The summed E-state index contributed by atoms with van der Waals surface area (Å²) in [5, 5.41) is 5.69. The van der Waals surface area contributed by atoms with Crippen LogP contribution in [0.25, 0.3) is 0 Å². The maximum atomic E-state index is 12.8. The van der Waals surface area contributed by atoms with E-state index in [2.05, 4.69) is 10.6 Å². The van der Waals surface area contributed by atoms with Crippen LogP contribution < -0.4 is 15.4 Å². The molecule has 1 atom stereocenters. The van der Waals surface area contributed by atoms with Crippen molar-refractivity contribution in [2.24, 2.45) is 0 Å². The maximum Gasteiger partial charge on any atom is 0.317 e. The van der Waals surface area contributed by atoms with Crippen molar-refractivity contribution in [1.29, 1.82) is 0 Å². The lowest BCUT2D eigenvalue weighted by Gasteiger charge is -2.36. The van der Waals surface area contributed by atoms with E-state index in [0.29, 0.717) is 43.2 Å². The highest BCUT2D eigenvalue weighted by Gasteiger charge is 2.28. The Labute approximate surface area is 158 Å². The zero-order valence-corrected chi connectivity index (χ0v) is 16.2. The predicted molar refractivity (Wildman–Crippen MR) is 101 cm³/mol. The van der Waals surface area contributed by atoms with Crippen LogP contribution in [0.2, 0.25) is 0 Å². The monoisotopic (exact) mass is 374 g/mol. The highest BCUT2D eigenvalue weighted by Crippen LogP contribution is 2.30. The second-order valence-corrected chi connectivity index (χ2v) is 7.92. The standard InChI is InChI=1S/C19H26N4O4/c1-12-16(24)20-14-11-13(5-6-15(14)27-12)17(25)22-7-9-23(10-8-22)18(26)21-19(2,3)4/h5-6,11-12H,7-10H2,1-4H3,(H,20,24)(H,21,26). The molecule has 4 amide bonds. The van der Waals surface area contributed by atoms with E-state index in [0.717, 1.165) is 0 Å². The summed E-state index contributed by atoms with van der Waals surface area (Å²) in [4.78, 5) is 40.2. The van der Waals surface area contributed by atoms with Gasteiger partial charge in [0.2, 0.25) is 0 Å². The van der Waals surface area contributed by atoms with Gasteiger partial charge in [-0.3, -0.25) is 9.59 Å². The van der Waals surface area contributed by atoms with Crippen molar-refractivity contribution in [2.75, 3.05) is 31.5 Å². The summed E-state index contributed by atoms with van der Waals surface area (Å²) in [6.45, 7) is 9.37. The van der Waals surface area contributed by atoms with E-state index < -0.39 is 6.10 Å². The van der Waals surface area contributed by atoms with Crippen molar-refractivity contribution >= 4 is 23.5 Å². The molecule has 146 valence electrons. The Morgan fingerprint density at radius 2 is 1.78 bits per heavy atom. The number of amides is 4. The van der Waals surface area contributed by atoms with Gasteiger partial charge in [-0.25, -0.2) is 4.79 Å². The van der Waals surface area contributed by atoms with Crippen LogP contribution in [-0.2, 0) is 4.79 Å². The highest BCUT2D eigenvalue weighted by molar-refractivity contribution is 6.01. The number of anilines is 1. The van der Waals surface area contributed by atoms with Gasteiger partial charge in [0.05, 0.1) is 5.69 Å². The van der Waals surface area contributed by atoms with Gasteiger partial charge in [0, 0.05) is 37.3 Å². The van der Waals surface area contributed by atoms with E-state index in [4.69, 9.17) is 4.74 Å². The lowest BCUT2D eigenvalue weighted by atomic mass is 10.1. The van der Waals surface area contributed by atoms with Gasteiger partial charge in [0.1, 0.15) is 5.75 Å². The van der Waals surface area contributed by atoms with Crippen molar-refractivity contribution in [3.63, 3.8) is 0 Å². The van der Waals surface area contributed by atoms with Crippen molar-refractivity contribution in [3.8, 4) is 5.75 Å². The van der Waals surface area contributed by atoms with Crippen LogP contribution in [0.5, 0.6) is 5.75 Å². The third-order valence-electron chi connectivity index (χ3n) is 4.49. The van der Waals surface area contributed by atoms with Crippen molar-refractivity contribution < 1.29 is 19.1 Å². The molecule has 0 spiro atoms. The number of nitrogens with zero attached hydrogens (tertiary/aromatic N) is 2. The molecule has 2 aliphatic rings. The predicted octanol–water partition coefficient (Wildman–Crippen LogP) is 1.67. The molecular weight excluding hydrogens is 348 g/mol. The Morgan fingerprint density at radius 3 is 2.41 bits per heavy atom. The summed E-state index contributed by atoms with van der Waals surface area (Å²) < 4.78 is 5.52. The number of rotatable bonds is 1. The minimum atomic E-state index is -0.550. The molecule has 1 unspecified atom stereocenters. The fraction of sp³-hybridized carbons (Fsp3) is 0.526. The second-order valence-electron chi connectivity index (χ2n) is 7.92. The first-order chi connectivity index (χ1) is 12.6. The number of hydrogen-bond acceptors (Lipinski definition) is 4. The van der Waals surface area contributed by atoms with Crippen molar-refractivity contribution in [1.82, 2.24) is 15.1 Å². The molecule has 27 heavy (non-hydrogen) atoms. The second kappa shape index (κ2) is 7.09. The maximum absolute atomic E-state index is 12.8. The van der Waals surface area contributed by atoms with Crippen LogP contribution in [0.1, 0.15) is 38.1 Å². The number of nitrogens with one attached hydrogen (secondary N) is 2. The minimum Gasteiger partial charge on any atom is -0.479 e. The normalized spacial score (nSPS) is 19.7. The summed E-state index contributed by atoms with van der Waals surface area (Å²) in [7, 11) is 0. The molecule has 1 saturated heterocycles. The Balaban J connectivity index is 1.62. The number of piperazine rings is 1. The zero-order chi connectivity index (χ0) is 19.8. The molecule has 2 N–H and O–H groups in total. The molecule has 0 bridgehead atoms. The molecule has 1 fully saturated rings. The molecule has 1 aromatic rings. The third-order valence-corrected chi connectivity index (χ3v) is 4.49. The molecule has 2 heterocycles. The van der Waals surface area contributed by atoms with Gasteiger partial charge in [-0.05, 0) is 45.9 Å². The molecule has 0 saturated carbocycles. The molecule has 0 aromatic heterocycles. The van der Waals surface area contributed by atoms with Crippen LogP contribution in [0.4, 0.5) is 10.5 Å². The number of hydrogen-bond donors (Lipinski definition) is 2. The van der Waals surface area contributed by atoms with Crippen LogP contribution in [0.15, 0.2) is 18.2 Å². The fourth-order valence-electron chi connectivity index (χ4n) is 3.04. The first kappa shape index (κ1) is 19.0. The van der Waals surface area contributed by atoms with Gasteiger partial charge >= 0.3 is 6.03 Å². The molecule has 0 aliphatic carbocycles. The highest BCUT2D eigenvalue weighted by atomic mass is 16.5. The van der Waals surface area contributed by atoms with Gasteiger partial charge in [-0.2, -0.15) is 0 Å². The van der Waals surface area contributed by atoms with E-state index in [-0.39, 0.29) is 23.4 Å². The first-order valence-corrected chi connectivity index (χ1v) is 9.12. The SMILES string of the molecule is CC1Oc2ccc(C(=O)N3CCN(C(=O)NC(C)(C)C)CC3)cc2NC1=O. The first-order valence-electron chi connectivity index (χ1n) is 9.12. The average molecular weight is 374 g/mol. The topological polar surface area (TPSA) is 91.0 Å². The number of urea groups is 1. The van der Waals surface area contributed by atoms with Gasteiger partial charge in [-0.15, -0.1) is 0 Å². The Kier molecular flexibility index (Phi) is 4.99. The number of carbonyl (C=O) groups is 3. The Bertz CT molecular complexity index is 763. The molecular formula is C19H26N4O4. The lowest BCUT2D eigenvalue weighted by molar-refractivity contribution is -0.122. The van der Waals surface area contributed by atoms with Crippen LogP contribution in [0.3, 0.4) is 0 Å². The fourth-order valence-corrected chi connectivity index (χ4v) is 3.04. The summed E-state index contributed by atoms with van der Waals surface area (Å²) in [5.74, 6) is 0.203. The summed E-state index contributed by atoms with van der Waals surface area (Å²) in [6.07, 6.45) is -0.550. The van der Waals surface area contributed by atoms with Crippen LogP contribution in [0, 0.1) is 0 Å². The molecule has 3 rings (SSSR count). The van der Waals surface area contributed by atoms with Gasteiger partial charge < -0.3 is 25.2 Å². The summed E-state index contributed by atoms with van der Waals surface area (Å²) >= 11 is 0. The average Bonchev–Trinajstić information content (AvgIpc) is 2.60. The van der Waals surface area contributed by atoms with E-state index in [1.807, 2.05) is 20.8 Å². The zero-order valence-electron chi connectivity index (χ0n) is 16.2. The largest absolute Gasteiger partial charge is 0.479 e. The molecule has 0 radical (unpaired) electrons. The van der Waals surface area contributed by atoms with Gasteiger partial charge in [-0.1, -0.05) is 0 Å². The summed E-state index contributed by atoms with van der Waals surface area (Å²) in [6, 6.07) is 4.92. The molecule has 8 heteroatoms. The van der Waals surface area contributed by atoms with Crippen LogP contribution in [-0.4, -0.2) is 65.5 Å². The number of ether oxygens (including phenoxy) is 1. The number of benzene rings is 1. The van der Waals surface area contributed by atoms with E-state index in [1.54, 1.807) is 34.9 Å². The Morgan fingerprint density at radius 1 is 1.15 bits per heavy atom. The van der Waals surface area contributed by atoms with Gasteiger partial charge in [0.25, 0.3) is 11.8 Å². The van der Waals surface area contributed by atoms with E-state index in [1.165, 1.54) is 0 Å². The van der Waals surface area contributed by atoms with Crippen LogP contribution >= 0.6 is 0 Å². The van der Waals surface area contributed by atoms with Gasteiger partial charge in [0.15, 0.2) is 6.10 Å². The molecule has 2 aliphatic heterocycles. The smallest absolute Gasteiger partial charge is 0.317 e. The lowest BCUT2D eigenvalue weighted by Crippen LogP contribution is -2.56. The Hall–Kier alpha value is -2.77. The molecule has 8 nitrogen and oxygen atoms in total. The van der Waals surface area contributed by atoms with E-state index >= 15 is 0 Å². The van der Waals surface area contributed by atoms with Crippen molar-refractivity contribution in [3.05, 3.63) is 23.8 Å². The molecule has 1 aromatic carbocycles. The number of carbonyl (C=O) groups excluding carboxylic acids is 3. The quantitative estimate of drug-likeness (QED) is 0.782. The van der Waals surface area contributed by atoms with Crippen molar-refractivity contribution in [2.45, 2.75) is 39.3 Å². The summed E-state index contributed by atoms with van der Waals surface area (Å²) in [5.41, 5.74) is 0.698.